The van der Waals surface area contributed by atoms with Crippen LogP contribution in [0.25, 0.3) is 0 Å². The quantitative estimate of drug-likeness (QED) is 0.789. The lowest BCUT2D eigenvalue weighted by Gasteiger charge is -2.23. The SMILES string of the molecule is COCC(=O)N(C)C(C)c1ccc(C)s1. The Balaban J connectivity index is 2.67. The minimum Gasteiger partial charge on any atom is -0.375 e. The van der Waals surface area contributed by atoms with Crippen LogP contribution in [-0.4, -0.2) is 31.6 Å². The van der Waals surface area contributed by atoms with Gasteiger partial charge in [0.25, 0.3) is 0 Å². The van der Waals surface area contributed by atoms with E-state index in [4.69, 9.17) is 4.74 Å². The number of rotatable bonds is 4. The van der Waals surface area contributed by atoms with Gasteiger partial charge < -0.3 is 9.64 Å². The Morgan fingerprint density at radius 2 is 2.27 bits per heavy atom. The van der Waals surface area contributed by atoms with E-state index in [1.807, 2.05) is 6.92 Å². The van der Waals surface area contributed by atoms with Gasteiger partial charge in [-0.2, -0.15) is 0 Å². The molecule has 1 aromatic heterocycles. The highest BCUT2D eigenvalue weighted by Gasteiger charge is 2.17. The predicted molar refractivity (Wildman–Crippen MR) is 62.1 cm³/mol. The molecule has 1 amide bonds. The van der Waals surface area contributed by atoms with Crippen molar-refractivity contribution in [2.75, 3.05) is 20.8 Å². The van der Waals surface area contributed by atoms with Gasteiger partial charge in [-0.15, -0.1) is 11.3 Å². The zero-order valence-corrected chi connectivity index (χ0v) is 10.4. The van der Waals surface area contributed by atoms with Gasteiger partial charge in [0.1, 0.15) is 6.61 Å². The number of nitrogens with zero attached hydrogens (tertiary/aromatic N) is 1. The predicted octanol–water partition coefficient (Wildman–Crippen LogP) is 2.22. The Labute approximate surface area is 94.7 Å². The highest BCUT2D eigenvalue weighted by atomic mass is 32.1. The zero-order chi connectivity index (χ0) is 11.4. The summed E-state index contributed by atoms with van der Waals surface area (Å²) in [5.41, 5.74) is 0. The van der Waals surface area contributed by atoms with Gasteiger partial charge in [-0.1, -0.05) is 0 Å². The number of ether oxygens (including phenoxy) is 1. The number of amides is 1. The molecule has 0 bridgehead atoms. The van der Waals surface area contributed by atoms with Crippen molar-refractivity contribution in [3.05, 3.63) is 21.9 Å². The van der Waals surface area contributed by atoms with Crippen LogP contribution in [0.5, 0.6) is 0 Å². The smallest absolute Gasteiger partial charge is 0.248 e. The van der Waals surface area contributed by atoms with Crippen LogP contribution >= 0.6 is 11.3 Å². The average molecular weight is 227 g/mol. The molecule has 0 saturated heterocycles. The highest BCUT2D eigenvalue weighted by molar-refractivity contribution is 7.12. The Kier molecular flexibility index (Phi) is 4.29. The van der Waals surface area contributed by atoms with Gasteiger partial charge in [0.15, 0.2) is 0 Å². The third kappa shape index (κ3) is 3.04. The Morgan fingerprint density at radius 3 is 2.73 bits per heavy atom. The maximum Gasteiger partial charge on any atom is 0.248 e. The van der Waals surface area contributed by atoms with Crippen molar-refractivity contribution in [1.29, 1.82) is 0 Å². The van der Waals surface area contributed by atoms with Crippen LogP contribution < -0.4 is 0 Å². The number of carbonyl (C=O) groups is 1. The van der Waals surface area contributed by atoms with Crippen LogP contribution in [0.1, 0.15) is 22.7 Å². The number of carbonyl (C=O) groups excluding carboxylic acids is 1. The molecule has 0 aliphatic carbocycles. The molecule has 4 heteroatoms. The Hall–Kier alpha value is -0.870. The van der Waals surface area contributed by atoms with Gasteiger partial charge in [0.2, 0.25) is 5.91 Å². The minimum atomic E-state index is 0.0102. The van der Waals surface area contributed by atoms with Crippen molar-refractivity contribution in [3.8, 4) is 0 Å². The van der Waals surface area contributed by atoms with Gasteiger partial charge in [-0.25, -0.2) is 0 Å². The standard InChI is InChI=1S/C11H17NO2S/c1-8-5-6-10(15-8)9(2)12(3)11(13)7-14-4/h5-6,9H,7H2,1-4H3. The van der Waals surface area contributed by atoms with E-state index in [1.165, 1.54) is 16.9 Å². The molecule has 0 aliphatic heterocycles. The first-order valence-electron chi connectivity index (χ1n) is 4.87. The average Bonchev–Trinajstić information content (AvgIpc) is 2.63. The molecule has 0 aromatic carbocycles. The molecule has 0 saturated carbocycles. The van der Waals surface area contributed by atoms with Gasteiger partial charge in [-0.3, -0.25) is 4.79 Å². The molecule has 0 aliphatic rings. The maximum absolute atomic E-state index is 11.6. The lowest BCUT2D eigenvalue weighted by molar-refractivity contribution is -0.135. The summed E-state index contributed by atoms with van der Waals surface area (Å²) < 4.78 is 4.83. The monoisotopic (exact) mass is 227 g/mol. The molecule has 0 N–H and O–H groups in total. The van der Waals surface area contributed by atoms with Crippen molar-refractivity contribution in [3.63, 3.8) is 0 Å². The van der Waals surface area contributed by atoms with Crippen LogP contribution in [0, 0.1) is 6.92 Å². The van der Waals surface area contributed by atoms with E-state index < -0.39 is 0 Å². The second-order valence-electron chi connectivity index (χ2n) is 3.56. The molecule has 0 spiro atoms. The van der Waals surface area contributed by atoms with Crippen molar-refractivity contribution >= 4 is 17.2 Å². The van der Waals surface area contributed by atoms with E-state index in [9.17, 15) is 4.79 Å². The molecule has 1 atom stereocenters. The van der Waals surface area contributed by atoms with Gasteiger partial charge >= 0.3 is 0 Å². The lowest BCUT2D eigenvalue weighted by Crippen LogP contribution is -2.32. The summed E-state index contributed by atoms with van der Waals surface area (Å²) in [6.45, 7) is 4.24. The first-order chi connectivity index (χ1) is 7.06. The van der Waals surface area contributed by atoms with E-state index in [2.05, 4.69) is 19.1 Å². The van der Waals surface area contributed by atoms with Crippen LogP contribution in [0.4, 0.5) is 0 Å². The van der Waals surface area contributed by atoms with Crippen molar-refractivity contribution in [2.24, 2.45) is 0 Å². The maximum atomic E-state index is 11.6. The number of likely N-dealkylation sites (N-methyl/N-ethyl adjacent to an activating group) is 1. The molecule has 1 heterocycles. The minimum absolute atomic E-state index is 0.0102. The molecule has 0 fully saturated rings. The third-order valence-electron chi connectivity index (χ3n) is 2.42. The fraction of sp³-hybridized carbons (Fsp3) is 0.545. The molecule has 1 rings (SSSR count). The molecule has 3 nitrogen and oxygen atoms in total. The molecule has 84 valence electrons. The molecule has 15 heavy (non-hydrogen) atoms. The summed E-state index contributed by atoms with van der Waals surface area (Å²) in [6.07, 6.45) is 0. The highest BCUT2D eigenvalue weighted by Crippen LogP contribution is 2.26. The first kappa shape index (κ1) is 12.2. The molecule has 0 radical (unpaired) electrons. The zero-order valence-electron chi connectivity index (χ0n) is 9.61. The van der Waals surface area contributed by atoms with Crippen molar-refractivity contribution in [2.45, 2.75) is 19.9 Å². The van der Waals surface area contributed by atoms with E-state index in [0.29, 0.717) is 0 Å². The fourth-order valence-electron chi connectivity index (χ4n) is 1.31. The molecular weight excluding hydrogens is 210 g/mol. The summed E-state index contributed by atoms with van der Waals surface area (Å²) in [5.74, 6) is 0.0102. The fourth-order valence-corrected chi connectivity index (χ4v) is 2.28. The Bertz CT molecular complexity index is 335. The summed E-state index contributed by atoms with van der Waals surface area (Å²) in [6, 6.07) is 4.26. The number of thiophene rings is 1. The normalized spacial score (nSPS) is 12.5. The Morgan fingerprint density at radius 1 is 1.60 bits per heavy atom. The third-order valence-corrected chi connectivity index (χ3v) is 3.59. The van der Waals surface area contributed by atoms with Crippen LogP contribution in [0.15, 0.2) is 12.1 Å². The summed E-state index contributed by atoms with van der Waals surface area (Å²) in [4.78, 5) is 15.8. The first-order valence-corrected chi connectivity index (χ1v) is 5.69. The molecule has 1 unspecified atom stereocenters. The number of methoxy groups -OCH3 is 1. The van der Waals surface area contributed by atoms with Crippen molar-refractivity contribution in [1.82, 2.24) is 4.90 Å². The summed E-state index contributed by atoms with van der Waals surface area (Å²) in [7, 11) is 3.34. The number of hydrogen-bond acceptors (Lipinski definition) is 3. The van der Waals surface area contributed by atoms with E-state index in [-0.39, 0.29) is 18.6 Å². The lowest BCUT2D eigenvalue weighted by atomic mass is 10.2. The largest absolute Gasteiger partial charge is 0.375 e. The van der Waals surface area contributed by atoms with Crippen LogP contribution in [0.2, 0.25) is 0 Å². The van der Waals surface area contributed by atoms with Gasteiger partial charge in [-0.05, 0) is 26.0 Å². The van der Waals surface area contributed by atoms with E-state index >= 15 is 0 Å². The van der Waals surface area contributed by atoms with Crippen LogP contribution in [-0.2, 0) is 9.53 Å². The van der Waals surface area contributed by atoms with E-state index in [0.717, 1.165) is 0 Å². The van der Waals surface area contributed by atoms with E-state index in [1.54, 1.807) is 23.3 Å². The van der Waals surface area contributed by atoms with Gasteiger partial charge in [0, 0.05) is 23.9 Å². The second kappa shape index (κ2) is 5.28. The molecule has 1 aromatic rings. The summed E-state index contributed by atoms with van der Waals surface area (Å²) >= 11 is 1.72. The van der Waals surface area contributed by atoms with Crippen LogP contribution in [0.3, 0.4) is 0 Å². The number of hydrogen-bond donors (Lipinski definition) is 0. The van der Waals surface area contributed by atoms with Crippen molar-refractivity contribution < 1.29 is 9.53 Å². The van der Waals surface area contributed by atoms with Gasteiger partial charge in [0.05, 0.1) is 6.04 Å². The second-order valence-corrected chi connectivity index (χ2v) is 4.88. The molecular formula is C11H17NO2S. The number of aryl methyl sites for hydroxylation is 1. The topological polar surface area (TPSA) is 29.5 Å². The summed E-state index contributed by atoms with van der Waals surface area (Å²) in [5, 5.41) is 0.